The average Bonchev–Trinajstić information content (AvgIpc) is 2.52. The number of ether oxygens (including phenoxy) is 1. The summed E-state index contributed by atoms with van der Waals surface area (Å²) in [5, 5.41) is 3.68. The molecule has 1 aliphatic rings. The highest BCUT2D eigenvalue weighted by Gasteiger charge is 2.16. The van der Waals surface area contributed by atoms with E-state index >= 15 is 0 Å². The molecule has 0 radical (unpaired) electrons. The number of pyridine rings is 1. The Morgan fingerprint density at radius 3 is 2.90 bits per heavy atom. The monoisotopic (exact) mass is 276 g/mol. The second kappa shape index (κ2) is 9.09. The topological polar surface area (TPSA) is 34.1 Å². The van der Waals surface area contributed by atoms with E-state index in [4.69, 9.17) is 4.74 Å². The van der Waals surface area contributed by atoms with Gasteiger partial charge in [0.25, 0.3) is 0 Å². The Kier molecular flexibility index (Phi) is 7.02. The first-order valence-corrected chi connectivity index (χ1v) is 8.12. The van der Waals surface area contributed by atoms with E-state index in [9.17, 15) is 0 Å². The first kappa shape index (κ1) is 15.5. The van der Waals surface area contributed by atoms with Crippen molar-refractivity contribution >= 4 is 0 Å². The fraction of sp³-hybridized carbons (Fsp3) is 0.706. The SMILES string of the molecule is CCCNC(CCC1CCCCO1)Cc1ccncc1. The summed E-state index contributed by atoms with van der Waals surface area (Å²) in [7, 11) is 0. The van der Waals surface area contributed by atoms with Gasteiger partial charge in [-0.05, 0) is 69.2 Å². The largest absolute Gasteiger partial charge is 0.378 e. The summed E-state index contributed by atoms with van der Waals surface area (Å²) in [5.41, 5.74) is 1.37. The Morgan fingerprint density at radius 2 is 2.20 bits per heavy atom. The molecular weight excluding hydrogens is 248 g/mol. The van der Waals surface area contributed by atoms with E-state index in [0.29, 0.717) is 12.1 Å². The van der Waals surface area contributed by atoms with E-state index in [1.54, 1.807) is 0 Å². The highest BCUT2D eigenvalue weighted by molar-refractivity contribution is 5.11. The van der Waals surface area contributed by atoms with Gasteiger partial charge in [0.05, 0.1) is 6.10 Å². The van der Waals surface area contributed by atoms with Crippen molar-refractivity contribution in [1.29, 1.82) is 0 Å². The quantitative estimate of drug-likeness (QED) is 0.790. The molecule has 0 spiro atoms. The van der Waals surface area contributed by atoms with Crippen LogP contribution in [0.1, 0.15) is 51.0 Å². The molecule has 0 bridgehead atoms. The maximum absolute atomic E-state index is 5.85. The smallest absolute Gasteiger partial charge is 0.0575 e. The third kappa shape index (κ3) is 5.59. The number of nitrogens with one attached hydrogen (secondary N) is 1. The van der Waals surface area contributed by atoms with Crippen molar-refractivity contribution in [2.75, 3.05) is 13.2 Å². The Bertz CT molecular complexity index is 349. The first-order valence-electron chi connectivity index (χ1n) is 8.12. The maximum atomic E-state index is 5.85. The fourth-order valence-corrected chi connectivity index (χ4v) is 2.85. The molecule has 2 heterocycles. The van der Waals surface area contributed by atoms with E-state index in [2.05, 4.69) is 29.4 Å². The molecule has 1 fully saturated rings. The minimum Gasteiger partial charge on any atom is -0.378 e. The fourth-order valence-electron chi connectivity index (χ4n) is 2.85. The molecule has 1 saturated heterocycles. The predicted molar refractivity (Wildman–Crippen MR) is 82.8 cm³/mol. The van der Waals surface area contributed by atoms with Gasteiger partial charge in [0.2, 0.25) is 0 Å². The predicted octanol–water partition coefficient (Wildman–Crippen LogP) is 3.34. The van der Waals surface area contributed by atoms with Crippen molar-refractivity contribution in [2.45, 2.75) is 64.0 Å². The second-order valence-corrected chi connectivity index (χ2v) is 5.78. The Labute approximate surface area is 123 Å². The van der Waals surface area contributed by atoms with Gasteiger partial charge in [0, 0.05) is 25.0 Å². The zero-order valence-electron chi connectivity index (χ0n) is 12.7. The van der Waals surface area contributed by atoms with Crippen molar-refractivity contribution < 1.29 is 4.74 Å². The Morgan fingerprint density at radius 1 is 1.35 bits per heavy atom. The van der Waals surface area contributed by atoms with E-state index in [1.807, 2.05) is 12.4 Å². The van der Waals surface area contributed by atoms with Gasteiger partial charge in [-0.2, -0.15) is 0 Å². The highest BCUT2D eigenvalue weighted by atomic mass is 16.5. The second-order valence-electron chi connectivity index (χ2n) is 5.78. The summed E-state index contributed by atoms with van der Waals surface area (Å²) in [5.74, 6) is 0. The molecule has 0 saturated carbocycles. The Hall–Kier alpha value is -0.930. The molecule has 0 amide bonds. The molecule has 0 aromatic carbocycles. The van der Waals surface area contributed by atoms with Crippen LogP contribution < -0.4 is 5.32 Å². The van der Waals surface area contributed by atoms with Crippen LogP contribution in [-0.4, -0.2) is 30.3 Å². The number of hydrogen-bond acceptors (Lipinski definition) is 3. The standard InChI is InChI=1S/C17H28N2O/c1-2-10-19-16(14-15-8-11-18-12-9-15)6-7-17-5-3-4-13-20-17/h8-9,11-12,16-17,19H,2-7,10,13-14H2,1H3. The third-order valence-electron chi connectivity index (χ3n) is 4.03. The summed E-state index contributed by atoms with van der Waals surface area (Å²) < 4.78 is 5.85. The van der Waals surface area contributed by atoms with E-state index in [1.165, 1.54) is 44.1 Å². The lowest BCUT2D eigenvalue weighted by molar-refractivity contribution is 0.00858. The van der Waals surface area contributed by atoms with Crippen LogP contribution in [0.15, 0.2) is 24.5 Å². The summed E-state index contributed by atoms with van der Waals surface area (Å²) >= 11 is 0. The molecule has 2 atom stereocenters. The molecule has 3 nitrogen and oxygen atoms in total. The average molecular weight is 276 g/mol. The van der Waals surface area contributed by atoms with Crippen LogP contribution in [0, 0.1) is 0 Å². The van der Waals surface area contributed by atoms with Gasteiger partial charge >= 0.3 is 0 Å². The highest BCUT2D eigenvalue weighted by Crippen LogP contribution is 2.18. The van der Waals surface area contributed by atoms with Gasteiger partial charge in [0.1, 0.15) is 0 Å². The zero-order chi connectivity index (χ0) is 14.0. The van der Waals surface area contributed by atoms with Gasteiger partial charge in [-0.1, -0.05) is 6.92 Å². The number of hydrogen-bond donors (Lipinski definition) is 1. The van der Waals surface area contributed by atoms with Crippen molar-refractivity contribution in [3.63, 3.8) is 0 Å². The van der Waals surface area contributed by atoms with E-state index in [0.717, 1.165) is 19.6 Å². The zero-order valence-corrected chi connectivity index (χ0v) is 12.7. The lowest BCUT2D eigenvalue weighted by Crippen LogP contribution is -2.33. The maximum Gasteiger partial charge on any atom is 0.0575 e. The van der Waals surface area contributed by atoms with Gasteiger partial charge in [-0.3, -0.25) is 4.98 Å². The van der Waals surface area contributed by atoms with Gasteiger partial charge in [-0.15, -0.1) is 0 Å². The minimum atomic E-state index is 0.493. The molecule has 1 aliphatic heterocycles. The normalized spacial score (nSPS) is 20.8. The van der Waals surface area contributed by atoms with Gasteiger partial charge in [-0.25, -0.2) is 0 Å². The van der Waals surface area contributed by atoms with Crippen LogP contribution in [0.5, 0.6) is 0 Å². The molecule has 0 aliphatic carbocycles. The van der Waals surface area contributed by atoms with Crippen LogP contribution in [0.4, 0.5) is 0 Å². The first-order chi connectivity index (χ1) is 9.88. The summed E-state index contributed by atoms with van der Waals surface area (Å²) in [4.78, 5) is 4.09. The van der Waals surface area contributed by atoms with Crippen molar-refractivity contribution in [3.05, 3.63) is 30.1 Å². The molecule has 2 unspecified atom stereocenters. The number of rotatable bonds is 8. The van der Waals surface area contributed by atoms with Crippen molar-refractivity contribution in [2.24, 2.45) is 0 Å². The van der Waals surface area contributed by atoms with Crippen LogP contribution in [-0.2, 0) is 11.2 Å². The summed E-state index contributed by atoms with van der Waals surface area (Å²) in [6.45, 7) is 4.28. The van der Waals surface area contributed by atoms with E-state index in [-0.39, 0.29) is 0 Å². The van der Waals surface area contributed by atoms with Crippen LogP contribution in [0.3, 0.4) is 0 Å². The number of aromatic nitrogens is 1. The van der Waals surface area contributed by atoms with Gasteiger partial charge < -0.3 is 10.1 Å². The van der Waals surface area contributed by atoms with Crippen molar-refractivity contribution in [1.82, 2.24) is 10.3 Å². The minimum absolute atomic E-state index is 0.493. The van der Waals surface area contributed by atoms with Crippen LogP contribution in [0.25, 0.3) is 0 Å². The Balaban J connectivity index is 1.79. The third-order valence-corrected chi connectivity index (χ3v) is 4.03. The lowest BCUT2D eigenvalue weighted by atomic mass is 9.97. The van der Waals surface area contributed by atoms with Crippen LogP contribution >= 0.6 is 0 Å². The molecule has 20 heavy (non-hydrogen) atoms. The summed E-state index contributed by atoms with van der Waals surface area (Å²) in [6, 6.07) is 4.80. The van der Waals surface area contributed by atoms with E-state index < -0.39 is 0 Å². The summed E-state index contributed by atoms with van der Waals surface area (Å²) in [6.07, 6.45) is 12.8. The van der Waals surface area contributed by atoms with Crippen LogP contribution in [0.2, 0.25) is 0 Å². The van der Waals surface area contributed by atoms with Gasteiger partial charge in [0.15, 0.2) is 0 Å². The molecule has 112 valence electrons. The van der Waals surface area contributed by atoms with Crippen molar-refractivity contribution in [3.8, 4) is 0 Å². The molecular formula is C17H28N2O. The number of nitrogens with zero attached hydrogens (tertiary/aromatic N) is 1. The molecule has 1 aromatic heterocycles. The molecule has 1 aromatic rings. The molecule has 3 heteroatoms. The molecule has 2 rings (SSSR count). The lowest BCUT2D eigenvalue weighted by Gasteiger charge is -2.25. The molecule has 1 N–H and O–H groups in total.